The van der Waals surface area contributed by atoms with Gasteiger partial charge in [-0.1, -0.05) is 51.2 Å². The number of aliphatic carboxylic acids is 3. The maximum absolute atomic E-state index is 14.8. The molecule has 0 spiro atoms. The highest BCUT2D eigenvalue weighted by molar-refractivity contribution is 5.77. The summed E-state index contributed by atoms with van der Waals surface area (Å²) in [5.41, 5.74) is -13.9. The summed E-state index contributed by atoms with van der Waals surface area (Å²) in [7, 11) is 0. The van der Waals surface area contributed by atoms with E-state index in [1.807, 2.05) is 6.08 Å². The van der Waals surface area contributed by atoms with Gasteiger partial charge in [0, 0.05) is 0 Å². The van der Waals surface area contributed by atoms with Crippen LogP contribution in [0, 0.1) is 27.1 Å². The number of carboxylic acids is 3. The Morgan fingerprint density at radius 1 is 0.346 bits per heavy atom. The van der Waals surface area contributed by atoms with Crippen molar-refractivity contribution in [3.8, 4) is 0 Å². The molecule has 0 aromatic heterocycles. The van der Waals surface area contributed by atoms with Crippen LogP contribution in [0.1, 0.15) is 142 Å². The molecule has 26 heteroatoms. The molecule has 0 amide bonds. The summed E-state index contributed by atoms with van der Waals surface area (Å²) in [4.78, 5) is 34.1. The molecule has 0 fully saturated rings. The minimum absolute atomic E-state index is 0.0818. The lowest BCUT2D eigenvalue weighted by atomic mass is 9.31. The Morgan fingerprint density at radius 3 is 0.923 bits per heavy atom. The SMILES string of the molecule is CCCCCCCC/C=C\CCC(CC(O)CO)(CC(O)CO)C(CC(O)CO)(CC(O)CO)C(CC(O)CO)(CC(O)CO)C(CC(O)CO)(CC(O)CO)C(CC(O)CO)(CC(O)CO)C(=O)O.O=C(O)CCC(=O)O. The summed E-state index contributed by atoms with van der Waals surface area (Å²) >= 11 is 0. The van der Waals surface area contributed by atoms with Crippen molar-refractivity contribution in [1.82, 2.24) is 0 Å². The number of carboxylic acid groups (broad SMARTS) is 3. The minimum Gasteiger partial charge on any atom is -0.481 e. The maximum atomic E-state index is 14.8. The van der Waals surface area contributed by atoms with Gasteiger partial charge in [-0.25, -0.2) is 0 Å². The lowest BCUT2D eigenvalue weighted by Gasteiger charge is -2.73. The third kappa shape index (κ3) is 23.7. The van der Waals surface area contributed by atoms with Crippen LogP contribution in [0.2, 0.25) is 0 Å². The molecule has 0 radical (unpaired) electrons. The van der Waals surface area contributed by atoms with Gasteiger partial charge in [0.2, 0.25) is 0 Å². The van der Waals surface area contributed by atoms with E-state index in [9.17, 15) is 122 Å². The second kappa shape index (κ2) is 40.5. The number of hydrogen-bond acceptors (Lipinski definition) is 23. The summed E-state index contributed by atoms with van der Waals surface area (Å²) in [6.07, 6.45) is -22.9. The number of aliphatic hydroxyl groups excluding tert-OH is 20. The Kier molecular flexibility index (Phi) is 40.2. The van der Waals surface area contributed by atoms with Crippen LogP contribution in [0.4, 0.5) is 0 Å². The first-order valence-corrected chi connectivity index (χ1v) is 26.9. The number of unbranched alkanes of at least 4 members (excludes halogenated alkanes) is 6. The van der Waals surface area contributed by atoms with Crippen molar-refractivity contribution in [3.05, 3.63) is 12.2 Å². The van der Waals surface area contributed by atoms with E-state index in [2.05, 4.69) is 6.92 Å². The van der Waals surface area contributed by atoms with Gasteiger partial charge in [-0.3, -0.25) is 14.4 Å². The molecule has 0 aromatic rings. The molecule has 0 aromatic carbocycles. The highest BCUT2D eigenvalue weighted by atomic mass is 16.4. The predicted molar refractivity (Wildman–Crippen MR) is 278 cm³/mol. The Bertz CT molecular complexity index is 1530. The zero-order chi connectivity index (χ0) is 60.3. The third-order valence-electron chi connectivity index (χ3n) is 15.4. The van der Waals surface area contributed by atoms with Crippen molar-refractivity contribution < 1.29 is 132 Å². The number of hydrogen-bond donors (Lipinski definition) is 23. The first-order valence-electron chi connectivity index (χ1n) is 26.9. The van der Waals surface area contributed by atoms with E-state index in [-0.39, 0.29) is 19.3 Å². The molecule has 0 heterocycles. The lowest BCUT2D eigenvalue weighted by molar-refractivity contribution is -0.289. The topological polar surface area (TPSA) is 517 Å². The van der Waals surface area contributed by atoms with Gasteiger partial charge in [-0.15, -0.1) is 0 Å². The summed E-state index contributed by atoms with van der Waals surface area (Å²) in [5, 5.41) is 253. The van der Waals surface area contributed by atoms with Crippen LogP contribution in [-0.2, 0) is 14.4 Å². The molecule has 23 N–H and O–H groups in total. The predicted octanol–water partition coefficient (Wildman–Crippen LogP) is -3.54. The molecule has 0 bridgehead atoms. The van der Waals surface area contributed by atoms with Gasteiger partial charge in [0.25, 0.3) is 0 Å². The average molecular weight is 1140 g/mol. The van der Waals surface area contributed by atoms with E-state index >= 15 is 0 Å². The fraction of sp³-hybridized carbons (Fsp3) is 0.904. The van der Waals surface area contributed by atoms with Crippen LogP contribution < -0.4 is 0 Å². The maximum Gasteiger partial charge on any atom is 0.310 e. The van der Waals surface area contributed by atoms with Gasteiger partial charge >= 0.3 is 17.9 Å². The van der Waals surface area contributed by atoms with Crippen molar-refractivity contribution >= 4 is 17.9 Å². The fourth-order valence-corrected chi connectivity index (χ4v) is 12.4. The minimum atomic E-state index is -3.12. The monoisotopic (exact) mass is 1140 g/mol. The van der Waals surface area contributed by atoms with Crippen molar-refractivity contribution in [1.29, 1.82) is 0 Å². The summed E-state index contributed by atoms with van der Waals surface area (Å²) in [6, 6.07) is 0. The highest BCUT2D eigenvalue weighted by Gasteiger charge is 2.76. The molecule has 10 unspecified atom stereocenters. The standard InChI is InChI=1S/C48H94O22.C4H6O4/c1-2-3-4-5-6-7-8-9-10-11-12-44(13-33(59)23-49,14-34(60)24-50)46(17-37(63)27-53,18-38(64)28-54)48(21-41(67)31-57,22-42(68)32-58)47(19-39(65)29-55,20-40(66)30-56)45(43(69)70,15-35(61)25-51)16-36(62)26-52;5-3(6)1-2-4(7)8/h9-10,33-42,49-68H,2-8,11-32H2,1H3,(H,69,70);1-2H2,(H,5,6)(H,7,8)/b10-9-;. The second-order valence-electron chi connectivity index (χ2n) is 21.2. The van der Waals surface area contributed by atoms with Crippen LogP contribution >= 0.6 is 0 Å². The van der Waals surface area contributed by atoms with E-state index in [4.69, 9.17) is 10.2 Å². The molecule has 0 saturated carbocycles. The Hall–Kier alpha value is -2.65. The molecule has 78 heavy (non-hydrogen) atoms. The van der Waals surface area contributed by atoms with E-state index in [0.717, 1.165) is 38.5 Å². The average Bonchev–Trinajstić information content (AvgIpc) is 3.41. The van der Waals surface area contributed by atoms with Gasteiger partial charge in [-0.05, 0) is 112 Å². The van der Waals surface area contributed by atoms with E-state index in [1.54, 1.807) is 6.08 Å². The van der Waals surface area contributed by atoms with Crippen molar-refractivity contribution in [2.24, 2.45) is 27.1 Å². The van der Waals surface area contributed by atoms with Crippen molar-refractivity contribution in [2.75, 3.05) is 66.1 Å². The van der Waals surface area contributed by atoms with Crippen LogP contribution in [0.3, 0.4) is 0 Å². The van der Waals surface area contributed by atoms with Gasteiger partial charge in [0.15, 0.2) is 0 Å². The van der Waals surface area contributed by atoms with Crippen molar-refractivity contribution in [2.45, 2.75) is 203 Å². The van der Waals surface area contributed by atoms with Crippen molar-refractivity contribution in [3.63, 3.8) is 0 Å². The molecular weight excluding hydrogens is 1040 g/mol. The quantitative estimate of drug-likeness (QED) is 0.0207. The molecule has 26 nitrogen and oxygen atoms in total. The number of rotatable bonds is 48. The number of allylic oxidation sites excluding steroid dienone is 2. The molecule has 0 rings (SSSR count). The van der Waals surface area contributed by atoms with Crippen LogP contribution in [0.5, 0.6) is 0 Å². The summed E-state index contributed by atoms with van der Waals surface area (Å²) in [6.45, 7) is -9.85. The van der Waals surface area contributed by atoms with Gasteiger partial charge in [-0.2, -0.15) is 0 Å². The Labute approximate surface area is 456 Å². The molecule has 0 aliphatic rings. The number of carbonyl (C=O) groups is 3. The third-order valence-corrected chi connectivity index (χ3v) is 15.4. The smallest absolute Gasteiger partial charge is 0.310 e. The Balaban J connectivity index is 0. The molecule has 0 saturated heterocycles. The summed E-state index contributed by atoms with van der Waals surface area (Å²) < 4.78 is 0. The normalized spacial score (nSPS) is 19.9. The molecule has 464 valence electrons. The van der Waals surface area contributed by atoms with Gasteiger partial charge in [0.1, 0.15) is 0 Å². The summed E-state index contributed by atoms with van der Waals surface area (Å²) in [5.74, 6) is -4.21. The van der Waals surface area contributed by atoms with E-state index < -0.39 is 243 Å². The fourth-order valence-electron chi connectivity index (χ4n) is 12.4. The highest BCUT2D eigenvalue weighted by Crippen LogP contribution is 2.77. The molecular formula is C52H100O26. The van der Waals surface area contributed by atoms with E-state index in [1.165, 1.54) is 0 Å². The van der Waals surface area contributed by atoms with E-state index in [0.29, 0.717) is 6.42 Å². The van der Waals surface area contributed by atoms with Crippen LogP contribution in [0.25, 0.3) is 0 Å². The van der Waals surface area contributed by atoms with Crippen LogP contribution in [0.15, 0.2) is 12.2 Å². The second-order valence-corrected chi connectivity index (χ2v) is 21.2. The zero-order valence-corrected chi connectivity index (χ0v) is 45.4. The first kappa shape index (κ1) is 77.4. The number of aliphatic hydroxyl groups is 20. The first-order chi connectivity index (χ1) is 36.7. The Morgan fingerprint density at radius 2 is 0.615 bits per heavy atom. The van der Waals surface area contributed by atoms with Crippen LogP contribution in [-0.4, -0.2) is 262 Å². The van der Waals surface area contributed by atoms with Gasteiger partial charge < -0.3 is 117 Å². The molecule has 0 aliphatic carbocycles. The zero-order valence-electron chi connectivity index (χ0n) is 45.4. The molecule has 10 atom stereocenters. The largest absolute Gasteiger partial charge is 0.481 e. The lowest BCUT2D eigenvalue weighted by Crippen LogP contribution is -2.72. The van der Waals surface area contributed by atoms with Gasteiger partial charge in [0.05, 0.1) is 145 Å². The molecule has 0 aliphatic heterocycles.